The monoisotopic (exact) mass is 518 g/mol. The van der Waals surface area contributed by atoms with Crippen LogP contribution in [0, 0.1) is 11.3 Å². The van der Waals surface area contributed by atoms with Crippen molar-refractivity contribution in [3.8, 4) is 11.9 Å². The van der Waals surface area contributed by atoms with Crippen molar-refractivity contribution in [1.82, 2.24) is 15.3 Å². The minimum atomic E-state index is -1.00. The second-order valence-corrected chi connectivity index (χ2v) is 8.96. The van der Waals surface area contributed by atoms with Crippen LogP contribution in [0.25, 0.3) is 21.7 Å². The van der Waals surface area contributed by atoms with Gasteiger partial charge in [-0.1, -0.05) is 23.7 Å². The highest BCUT2D eigenvalue weighted by molar-refractivity contribution is 6.30. The minimum Gasteiger partial charge on any atom is -0.478 e. The van der Waals surface area contributed by atoms with Crippen LogP contribution in [0.4, 0.5) is 0 Å². The summed E-state index contributed by atoms with van der Waals surface area (Å²) in [6.45, 7) is 2.90. The van der Waals surface area contributed by atoms with Crippen molar-refractivity contribution in [3.05, 3.63) is 76.6 Å². The number of benzene rings is 2. The first kappa shape index (κ1) is 26.3. The zero-order valence-corrected chi connectivity index (χ0v) is 21.0. The third-order valence-electron chi connectivity index (χ3n) is 5.80. The number of carboxylic acid groups (broad SMARTS) is 1. The molecule has 0 bridgehead atoms. The topological polar surface area (TPSA) is 117 Å². The number of aromatic carboxylic acids is 1. The Labute approximate surface area is 219 Å². The number of hydrogen-bond acceptors (Lipinski definition) is 7. The number of hydrogen-bond donors (Lipinski definition) is 2. The van der Waals surface area contributed by atoms with Gasteiger partial charge in [0.05, 0.1) is 30.2 Å². The third kappa shape index (κ3) is 7.14. The maximum atomic E-state index is 11.4. The maximum absolute atomic E-state index is 11.4. The number of unbranched alkanes of at least 4 members (excludes halogenated alkanes) is 1. The van der Waals surface area contributed by atoms with Gasteiger partial charge in [-0.2, -0.15) is 5.26 Å². The van der Waals surface area contributed by atoms with E-state index in [2.05, 4.69) is 21.4 Å². The lowest BCUT2D eigenvalue weighted by atomic mass is 10.1. The molecule has 9 heteroatoms. The standard InChI is InChI=1S/C28H27ClN4O4/c29-22-14-19(5-7-30)13-20(15-22)17-31-8-1-2-10-36-11-12-37-27-24-6-9-32-18-25(24)23-4-3-21(28(34)35)16-26(23)33-27/h3-4,6,9,13-16,18,31H,1-2,5,8,10-12,17H2,(H,34,35). The molecule has 0 unspecified atom stereocenters. The van der Waals surface area contributed by atoms with E-state index in [1.165, 1.54) is 0 Å². The highest BCUT2D eigenvalue weighted by Gasteiger charge is 2.12. The molecule has 2 aromatic carbocycles. The number of nitrogens with one attached hydrogen (secondary N) is 1. The van der Waals surface area contributed by atoms with E-state index in [9.17, 15) is 9.90 Å². The Morgan fingerprint density at radius 1 is 1.03 bits per heavy atom. The lowest BCUT2D eigenvalue weighted by molar-refractivity contribution is 0.0697. The van der Waals surface area contributed by atoms with Crippen molar-refractivity contribution in [1.29, 1.82) is 5.26 Å². The molecule has 0 saturated heterocycles. The largest absolute Gasteiger partial charge is 0.478 e. The molecule has 190 valence electrons. The van der Waals surface area contributed by atoms with Crippen LogP contribution in [-0.2, 0) is 17.7 Å². The molecule has 0 saturated carbocycles. The Bertz CT molecular complexity index is 1440. The van der Waals surface area contributed by atoms with E-state index in [-0.39, 0.29) is 5.56 Å². The molecule has 0 aliphatic rings. The van der Waals surface area contributed by atoms with Crippen LogP contribution in [0.5, 0.6) is 5.88 Å². The van der Waals surface area contributed by atoms with Crippen LogP contribution in [-0.4, -0.2) is 47.4 Å². The number of pyridine rings is 2. The molecule has 2 heterocycles. The van der Waals surface area contributed by atoms with Crippen LogP contribution < -0.4 is 10.1 Å². The summed E-state index contributed by atoms with van der Waals surface area (Å²) in [7, 11) is 0. The summed E-state index contributed by atoms with van der Waals surface area (Å²) < 4.78 is 11.6. The minimum absolute atomic E-state index is 0.170. The van der Waals surface area contributed by atoms with E-state index in [4.69, 9.17) is 26.3 Å². The van der Waals surface area contributed by atoms with Gasteiger partial charge >= 0.3 is 5.97 Å². The summed E-state index contributed by atoms with van der Waals surface area (Å²) in [5, 5.41) is 24.7. The molecule has 0 aliphatic carbocycles. The Balaban J connectivity index is 1.20. The number of rotatable bonds is 13. The lowest BCUT2D eigenvalue weighted by Crippen LogP contribution is -2.16. The number of nitrogens with zero attached hydrogens (tertiary/aromatic N) is 3. The number of fused-ring (bicyclic) bond motifs is 3. The summed E-state index contributed by atoms with van der Waals surface area (Å²) in [4.78, 5) is 20.1. The first-order valence-electron chi connectivity index (χ1n) is 12.0. The van der Waals surface area contributed by atoms with E-state index in [0.29, 0.717) is 49.2 Å². The number of nitriles is 1. The molecule has 37 heavy (non-hydrogen) atoms. The zero-order chi connectivity index (χ0) is 26.0. The molecule has 8 nitrogen and oxygen atoms in total. The van der Waals surface area contributed by atoms with Gasteiger partial charge < -0.3 is 19.9 Å². The average molecular weight is 519 g/mol. The fraction of sp³-hybridized carbons (Fsp3) is 0.286. The van der Waals surface area contributed by atoms with E-state index in [1.807, 2.05) is 24.3 Å². The molecule has 2 N–H and O–H groups in total. The number of halogens is 1. The Hall–Kier alpha value is -3.77. The second-order valence-electron chi connectivity index (χ2n) is 8.52. The summed E-state index contributed by atoms with van der Waals surface area (Å²) in [6.07, 6.45) is 5.63. The van der Waals surface area contributed by atoms with Gasteiger partial charge in [-0.25, -0.2) is 9.78 Å². The third-order valence-corrected chi connectivity index (χ3v) is 6.01. The van der Waals surface area contributed by atoms with Gasteiger partial charge in [0.2, 0.25) is 5.88 Å². The van der Waals surface area contributed by atoms with Gasteiger partial charge in [0.25, 0.3) is 0 Å². The Morgan fingerprint density at radius 2 is 1.89 bits per heavy atom. The van der Waals surface area contributed by atoms with Gasteiger partial charge in [0.15, 0.2) is 0 Å². The van der Waals surface area contributed by atoms with Crippen LogP contribution in [0.1, 0.15) is 34.3 Å². The predicted molar refractivity (Wildman–Crippen MR) is 142 cm³/mol. The number of aromatic nitrogens is 2. The number of carboxylic acids is 1. The highest BCUT2D eigenvalue weighted by atomic mass is 35.5. The van der Waals surface area contributed by atoms with Gasteiger partial charge in [-0.05, 0) is 60.8 Å². The van der Waals surface area contributed by atoms with Crippen molar-refractivity contribution in [2.24, 2.45) is 0 Å². The quantitative estimate of drug-likeness (QED) is 0.184. The molecular formula is C28H27ClN4O4. The SMILES string of the molecule is N#CCc1cc(Cl)cc(CNCCCCOCCOc2nc3cc(C(=O)O)ccc3c3cnccc23)c1. The molecule has 4 aromatic rings. The molecule has 0 fully saturated rings. The molecule has 4 rings (SSSR count). The lowest BCUT2D eigenvalue weighted by Gasteiger charge is -2.11. The van der Waals surface area contributed by atoms with Crippen molar-refractivity contribution >= 4 is 39.2 Å². The van der Waals surface area contributed by atoms with E-state index >= 15 is 0 Å². The summed E-state index contributed by atoms with van der Waals surface area (Å²) >= 11 is 6.13. The average Bonchev–Trinajstić information content (AvgIpc) is 2.89. The molecular weight excluding hydrogens is 492 g/mol. The van der Waals surface area contributed by atoms with Crippen molar-refractivity contribution in [2.75, 3.05) is 26.4 Å². The second kappa shape index (κ2) is 13.0. The van der Waals surface area contributed by atoms with Crippen molar-refractivity contribution < 1.29 is 19.4 Å². The maximum Gasteiger partial charge on any atom is 0.335 e. The van der Waals surface area contributed by atoms with Gasteiger partial charge in [0.1, 0.15) is 6.61 Å². The Kier molecular flexibility index (Phi) is 9.22. The first-order chi connectivity index (χ1) is 18.0. The van der Waals surface area contributed by atoms with E-state index in [0.717, 1.165) is 46.7 Å². The summed E-state index contributed by atoms with van der Waals surface area (Å²) in [6, 6.07) is 14.6. The molecule has 0 spiro atoms. The molecule has 2 aromatic heterocycles. The number of carbonyl (C=O) groups is 1. The zero-order valence-electron chi connectivity index (χ0n) is 20.2. The van der Waals surface area contributed by atoms with E-state index in [1.54, 1.807) is 30.6 Å². The predicted octanol–water partition coefficient (Wildman–Crippen LogP) is 5.17. The fourth-order valence-corrected chi connectivity index (χ4v) is 4.34. The molecule has 0 radical (unpaired) electrons. The van der Waals surface area contributed by atoms with Crippen molar-refractivity contribution in [2.45, 2.75) is 25.8 Å². The summed E-state index contributed by atoms with van der Waals surface area (Å²) in [5.41, 5.74) is 2.71. The summed E-state index contributed by atoms with van der Waals surface area (Å²) in [5.74, 6) is -0.575. The normalized spacial score (nSPS) is 11.0. The van der Waals surface area contributed by atoms with Gasteiger partial charge in [-0.15, -0.1) is 0 Å². The van der Waals surface area contributed by atoms with Crippen LogP contribution in [0.3, 0.4) is 0 Å². The molecule has 0 amide bonds. The number of ether oxygens (including phenoxy) is 2. The van der Waals surface area contributed by atoms with Crippen LogP contribution in [0.15, 0.2) is 54.9 Å². The molecule has 0 aliphatic heterocycles. The van der Waals surface area contributed by atoms with E-state index < -0.39 is 5.97 Å². The molecule has 0 atom stereocenters. The van der Waals surface area contributed by atoms with Crippen LogP contribution >= 0.6 is 11.6 Å². The first-order valence-corrected chi connectivity index (χ1v) is 12.4. The fourth-order valence-electron chi connectivity index (χ4n) is 4.06. The van der Waals surface area contributed by atoms with Gasteiger partial charge in [-0.3, -0.25) is 4.98 Å². The smallest absolute Gasteiger partial charge is 0.335 e. The van der Waals surface area contributed by atoms with Gasteiger partial charge in [0, 0.05) is 46.7 Å². The highest BCUT2D eigenvalue weighted by Crippen LogP contribution is 2.30. The Morgan fingerprint density at radius 3 is 2.73 bits per heavy atom. The van der Waals surface area contributed by atoms with Crippen molar-refractivity contribution in [3.63, 3.8) is 0 Å². The van der Waals surface area contributed by atoms with Crippen LogP contribution in [0.2, 0.25) is 5.02 Å².